The highest BCUT2D eigenvalue weighted by Gasteiger charge is 2.24. The molecule has 0 spiro atoms. The maximum absolute atomic E-state index is 12.6. The summed E-state index contributed by atoms with van der Waals surface area (Å²) >= 11 is 1.45. The molecule has 0 radical (unpaired) electrons. The molecule has 0 unspecified atom stereocenters. The number of likely N-dealkylation sites (tertiary alicyclic amines) is 1. The molecule has 1 N–H and O–H groups in total. The second-order valence-corrected chi connectivity index (χ2v) is 7.48. The van der Waals surface area contributed by atoms with E-state index in [-0.39, 0.29) is 10.8 Å². The number of amides is 1. The quantitative estimate of drug-likeness (QED) is 0.839. The summed E-state index contributed by atoms with van der Waals surface area (Å²) in [6.45, 7) is 3.54. The lowest BCUT2D eigenvalue weighted by atomic mass is 10.2. The molecule has 21 heavy (non-hydrogen) atoms. The van der Waals surface area contributed by atoms with Gasteiger partial charge in [0, 0.05) is 24.5 Å². The van der Waals surface area contributed by atoms with Crippen LogP contribution in [0.5, 0.6) is 0 Å². The van der Waals surface area contributed by atoms with Crippen molar-refractivity contribution in [1.29, 1.82) is 0 Å². The Morgan fingerprint density at radius 3 is 2.57 bits per heavy atom. The zero-order valence-electron chi connectivity index (χ0n) is 12.3. The third-order valence-corrected chi connectivity index (χ3v) is 5.78. The van der Waals surface area contributed by atoms with E-state index in [1.165, 1.54) is 17.8 Å². The van der Waals surface area contributed by atoms with Gasteiger partial charge in [0.1, 0.15) is 0 Å². The Morgan fingerprint density at radius 2 is 2.00 bits per heavy atom. The van der Waals surface area contributed by atoms with E-state index in [1.54, 1.807) is 24.0 Å². The predicted octanol–water partition coefficient (Wildman–Crippen LogP) is 1.94. The Balaban J connectivity index is 2.41. The summed E-state index contributed by atoms with van der Waals surface area (Å²) in [6.07, 6.45) is 3.90. The van der Waals surface area contributed by atoms with Crippen molar-refractivity contribution in [2.45, 2.75) is 29.6 Å². The largest absolute Gasteiger partial charge is 0.339 e. The van der Waals surface area contributed by atoms with E-state index < -0.39 is 10.0 Å². The molecule has 1 heterocycles. The lowest BCUT2D eigenvalue weighted by Crippen LogP contribution is -2.29. The first-order chi connectivity index (χ1) is 9.99. The van der Waals surface area contributed by atoms with Gasteiger partial charge in [-0.2, -0.15) is 0 Å². The SMILES string of the molecule is CCNS(=O)(=O)c1ccc(SC)c(C(=O)N2CCCC2)c1. The molecule has 7 heteroatoms. The van der Waals surface area contributed by atoms with Gasteiger partial charge in [-0.25, -0.2) is 13.1 Å². The van der Waals surface area contributed by atoms with Crippen LogP contribution in [0, 0.1) is 0 Å². The van der Waals surface area contributed by atoms with E-state index in [1.807, 2.05) is 6.26 Å². The van der Waals surface area contributed by atoms with E-state index in [4.69, 9.17) is 0 Å². The molecule has 0 bridgehead atoms. The fourth-order valence-electron chi connectivity index (χ4n) is 2.39. The minimum Gasteiger partial charge on any atom is -0.339 e. The Morgan fingerprint density at radius 1 is 1.33 bits per heavy atom. The molecule has 116 valence electrons. The van der Waals surface area contributed by atoms with Crippen molar-refractivity contribution in [1.82, 2.24) is 9.62 Å². The minimum absolute atomic E-state index is 0.0783. The van der Waals surface area contributed by atoms with Crippen molar-refractivity contribution in [2.24, 2.45) is 0 Å². The number of carbonyl (C=O) groups excluding carboxylic acids is 1. The first kappa shape index (κ1) is 16.3. The Bertz CT molecular complexity index is 623. The van der Waals surface area contributed by atoms with E-state index in [2.05, 4.69) is 4.72 Å². The highest BCUT2D eigenvalue weighted by Crippen LogP contribution is 2.26. The van der Waals surface area contributed by atoms with E-state index in [0.29, 0.717) is 12.1 Å². The van der Waals surface area contributed by atoms with Crippen molar-refractivity contribution >= 4 is 27.7 Å². The van der Waals surface area contributed by atoms with Crippen LogP contribution in [0.25, 0.3) is 0 Å². The molecule has 0 atom stereocenters. The zero-order chi connectivity index (χ0) is 15.5. The lowest BCUT2D eigenvalue weighted by Gasteiger charge is -2.18. The van der Waals surface area contributed by atoms with Gasteiger partial charge in [-0.15, -0.1) is 11.8 Å². The summed E-state index contributed by atoms with van der Waals surface area (Å²) in [5.41, 5.74) is 0.475. The molecule has 1 aromatic carbocycles. The number of hydrogen-bond donors (Lipinski definition) is 1. The van der Waals surface area contributed by atoms with Crippen LogP contribution in [-0.2, 0) is 10.0 Å². The summed E-state index contributed by atoms with van der Waals surface area (Å²) in [7, 11) is -3.54. The average Bonchev–Trinajstić information content (AvgIpc) is 3.00. The van der Waals surface area contributed by atoms with Gasteiger partial charge in [-0.1, -0.05) is 6.92 Å². The van der Waals surface area contributed by atoms with E-state index >= 15 is 0 Å². The molecule has 1 fully saturated rings. The van der Waals surface area contributed by atoms with Crippen LogP contribution in [0.3, 0.4) is 0 Å². The van der Waals surface area contributed by atoms with Crippen molar-refractivity contribution in [2.75, 3.05) is 25.9 Å². The van der Waals surface area contributed by atoms with Gasteiger partial charge in [0.15, 0.2) is 0 Å². The van der Waals surface area contributed by atoms with Gasteiger partial charge in [0.2, 0.25) is 10.0 Å². The van der Waals surface area contributed by atoms with Gasteiger partial charge in [0.05, 0.1) is 10.5 Å². The average molecular weight is 328 g/mol. The first-order valence-electron chi connectivity index (χ1n) is 6.96. The van der Waals surface area contributed by atoms with Gasteiger partial charge >= 0.3 is 0 Å². The fourth-order valence-corrected chi connectivity index (χ4v) is 4.02. The monoisotopic (exact) mass is 328 g/mol. The summed E-state index contributed by atoms with van der Waals surface area (Å²) in [5, 5.41) is 0. The number of sulfonamides is 1. The molecule has 1 aromatic rings. The van der Waals surface area contributed by atoms with Crippen LogP contribution < -0.4 is 4.72 Å². The summed E-state index contributed by atoms with van der Waals surface area (Å²) in [6, 6.07) is 4.74. The third kappa shape index (κ3) is 3.59. The maximum Gasteiger partial charge on any atom is 0.255 e. The van der Waals surface area contributed by atoms with E-state index in [0.717, 1.165) is 30.8 Å². The lowest BCUT2D eigenvalue weighted by molar-refractivity contribution is 0.0789. The topological polar surface area (TPSA) is 66.5 Å². The number of benzene rings is 1. The molecule has 0 aliphatic carbocycles. The summed E-state index contributed by atoms with van der Waals surface area (Å²) < 4.78 is 26.6. The van der Waals surface area contributed by atoms with Crippen LogP contribution in [0.1, 0.15) is 30.1 Å². The molecule has 1 saturated heterocycles. The Kier molecular flexibility index (Phi) is 5.29. The third-order valence-electron chi connectivity index (χ3n) is 3.44. The van der Waals surface area contributed by atoms with Crippen LogP contribution in [0.15, 0.2) is 28.0 Å². The van der Waals surface area contributed by atoms with Crippen molar-refractivity contribution in [3.05, 3.63) is 23.8 Å². The second-order valence-electron chi connectivity index (χ2n) is 4.86. The number of rotatable bonds is 5. The zero-order valence-corrected chi connectivity index (χ0v) is 13.9. The fraction of sp³-hybridized carbons (Fsp3) is 0.500. The summed E-state index contributed by atoms with van der Waals surface area (Å²) in [5.74, 6) is -0.0783. The molecular formula is C14H20N2O3S2. The van der Waals surface area contributed by atoms with Crippen LogP contribution in [0.4, 0.5) is 0 Å². The van der Waals surface area contributed by atoms with Crippen molar-refractivity contribution in [3.63, 3.8) is 0 Å². The minimum atomic E-state index is -3.54. The highest BCUT2D eigenvalue weighted by atomic mass is 32.2. The predicted molar refractivity (Wildman–Crippen MR) is 84.2 cm³/mol. The standard InChI is InChI=1S/C14H20N2O3S2/c1-3-15-21(18,19)11-6-7-13(20-2)12(10-11)14(17)16-8-4-5-9-16/h6-7,10,15H,3-5,8-9H2,1-2H3. The Hall–Kier alpha value is -1.05. The number of nitrogens with one attached hydrogen (secondary N) is 1. The summed E-state index contributed by atoms with van der Waals surface area (Å²) in [4.78, 5) is 15.3. The Labute approximate surface area is 130 Å². The molecule has 5 nitrogen and oxygen atoms in total. The number of thioether (sulfide) groups is 1. The molecule has 0 aromatic heterocycles. The first-order valence-corrected chi connectivity index (χ1v) is 9.67. The smallest absolute Gasteiger partial charge is 0.255 e. The molecule has 1 aliphatic heterocycles. The highest BCUT2D eigenvalue weighted by molar-refractivity contribution is 7.98. The molecule has 1 amide bonds. The molecule has 1 aliphatic rings. The van der Waals surface area contributed by atoms with Crippen LogP contribution in [0.2, 0.25) is 0 Å². The van der Waals surface area contributed by atoms with Crippen molar-refractivity contribution in [3.8, 4) is 0 Å². The van der Waals surface area contributed by atoms with Crippen LogP contribution >= 0.6 is 11.8 Å². The molecule has 2 rings (SSSR count). The number of hydrogen-bond acceptors (Lipinski definition) is 4. The number of carbonyl (C=O) groups is 1. The van der Waals surface area contributed by atoms with E-state index in [9.17, 15) is 13.2 Å². The van der Waals surface area contributed by atoms with Gasteiger partial charge in [-0.05, 0) is 37.3 Å². The van der Waals surface area contributed by atoms with Gasteiger partial charge in [0.25, 0.3) is 5.91 Å². The normalized spacial score (nSPS) is 15.4. The van der Waals surface area contributed by atoms with Gasteiger partial charge in [-0.3, -0.25) is 4.79 Å². The maximum atomic E-state index is 12.6. The van der Waals surface area contributed by atoms with Crippen LogP contribution in [-0.4, -0.2) is 45.1 Å². The molecule has 0 saturated carbocycles. The number of nitrogens with zero attached hydrogens (tertiary/aromatic N) is 1. The van der Waals surface area contributed by atoms with Gasteiger partial charge < -0.3 is 4.90 Å². The second kappa shape index (κ2) is 6.81. The molecular weight excluding hydrogens is 308 g/mol. The van der Waals surface area contributed by atoms with Crippen molar-refractivity contribution < 1.29 is 13.2 Å².